The van der Waals surface area contributed by atoms with E-state index in [0.29, 0.717) is 5.75 Å². The minimum atomic E-state index is 0.449. The van der Waals surface area contributed by atoms with Crippen LogP contribution >= 0.6 is 0 Å². The van der Waals surface area contributed by atoms with Gasteiger partial charge < -0.3 is 5.11 Å². The van der Waals surface area contributed by atoms with E-state index in [1.165, 1.54) is 70.6 Å². The summed E-state index contributed by atoms with van der Waals surface area (Å²) in [6, 6.07) is 7.70. The first-order valence-corrected chi connectivity index (χ1v) is 10.4. The molecule has 1 nitrogen and oxygen atoms in total. The van der Waals surface area contributed by atoms with Crippen LogP contribution in [-0.2, 0) is 6.42 Å². The maximum atomic E-state index is 9.73. The molecule has 1 rings (SSSR count). The minimum absolute atomic E-state index is 0.449. The molecule has 1 aromatic carbocycles. The lowest BCUT2D eigenvalue weighted by molar-refractivity contribution is 0.466. The second-order valence-corrected chi connectivity index (χ2v) is 6.96. The lowest BCUT2D eigenvalue weighted by Gasteiger charge is -2.04. The second-order valence-electron chi connectivity index (χ2n) is 6.96. The van der Waals surface area contributed by atoms with Gasteiger partial charge in [-0.15, -0.1) is 0 Å². The van der Waals surface area contributed by atoms with Crippen LogP contribution in [0.15, 0.2) is 48.6 Å². The number of rotatable bonds is 15. The van der Waals surface area contributed by atoms with Crippen LogP contribution in [0, 0.1) is 0 Å². The molecule has 1 heteroatoms. The summed E-state index contributed by atoms with van der Waals surface area (Å²) in [5.74, 6) is 0.449. The van der Waals surface area contributed by atoms with Crippen molar-refractivity contribution in [2.24, 2.45) is 0 Å². The highest BCUT2D eigenvalue weighted by molar-refractivity contribution is 5.31. The highest BCUT2D eigenvalue weighted by atomic mass is 16.3. The summed E-state index contributed by atoms with van der Waals surface area (Å²) in [5, 5.41) is 9.73. The van der Waals surface area contributed by atoms with Crippen LogP contribution in [0.5, 0.6) is 5.75 Å². The van der Waals surface area contributed by atoms with Crippen molar-refractivity contribution in [2.75, 3.05) is 0 Å². The molecule has 0 fully saturated rings. The number of aryl methyl sites for hydroxylation is 1. The minimum Gasteiger partial charge on any atom is -0.508 e. The van der Waals surface area contributed by atoms with E-state index in [0.717, 1.165) is 18.4 Å². The first-order chi connectivity index (χ1) is 12.3. The molecule has 0 spiro atoms. The number of aromatic hydroxyl groups is 1. The number of allylic oxidation sites excluding steroid dienone is 4. The SMILES string of the molecule is CCCCC/C=C\C/C=C\CCCCCCCCc1ccccc1O. The van der Waals surface area contributed by atoms with Crippen molar-refractivity contribution in [1.82, 2.24) is 0 Å². The molecule has 0 saturated carbocycles. The van der Waals surface area contributed by atoms with Gasteiger partial charge in [0.05, 0.1) is 0 Å². The van der Waals surface area contributed by atoms with Gasteiger partial charge in [0.1, 0.15) is 5.75 Å². The van der Waals surface area contributed by atoms with Crippen LogP contribution < -0.4 is 0 Å². The van der Waals surface area contributed by atoms with Gasteiger partial charge in [0.2, 0.25) is 0 Å². The fourth-order valence-corrected chi connectivity index (χ4v) is 3.03. The Morgan fingerprint density at radius 3 is 2.00 bits per heavy atom. The lowest BCUT2D eigenvalue weighted by Crippen LogP contribution is -1.87. The molecule has 0 bridgehead atoms. The van der Waals surface area contributed by atoms with E-state index in [4.69, 9.17) is 0 Å². The molecule has 1 aromatic rings. The molecule has 1 N–H and O–H groups in total. The number of hydrogen-bond donors (Lipinski definition) is 1. The van der Waals surface area contributed by atoms with E-state index < -0.39 is 0 Å². The van der Waals surface area contributed by atoms with Gasteiger partial charge in [-0.3, -0.25) is 0 Å². The van der Waals surface area contributed by atoms with Crippen LogP contribution in [0.1, 0.15) is 89.5 Å². The van der Waals surface area contributed by atoms with Crippen LogP contribution in [0.3, 0.4) is 0 Å². The Bertz CT molecular complexity index is 473. The molecule has 0 aromatic heterocycles. The number of phenols is 1. The summed E-state index contributed by atoms with van der Waals surface area (Å²) in [4.78, 5) is 0. The van der Waals surface area contributed by atoms with Crippen LogP contribution in [-0.4, -0.2) is 5.11 Å². The third-order valence-electron chi connectivity index (χ3n) is 4.64. The smallest absolute Gasteiger partial charge is 0.118 e. The van der Waals surface area contributed by atoms with E-state index in [-0.39, 0.29) is 0 Å². The normalized spacial score (nSPS) is 11.7. The average molecular weight is 343 g/mol. The van der Waals surface area contributed by atoms with Gasteiger partial charge in [-0.05, 0) is 56.6 Å². The average Bonchev–Trinajstić information content (AvgIpc) is 2.63. The maximum Gasteiger partial charge on any atom is 0.118 e. The Hall–Kier alpha value is -1.50. The first-order valence-electron chi connectivity index (χ1n) is 10.4. The fourth-order valence-electron chi connectivity index (χ4n) is 3.03. The standard InChI is InChI=1S/C24H38O/c1-2-3-4-5-6-7-8-9-10-11-12-13-14-15-16-17-20-23-21-18-19-22-24(23)25/h6-7,9-10,18-19,21-22,25H,2-5,8,11-17,20H2,1H3/b7-6-,10-9-. The molecule has 0 amide bonds. The molecule has 0 saturated heterocycles. The Morgan fingerprint density at radius 2 is 1.32 bits per heavy atom. The van der Waals surface area contributed by atoms with Crippen LogP contribution in [0.25, 0.3) is 0 Å². The van der Waals surface area contributed by atoms with Crippen molar-refractivity contribution >= 4 is 0 Å². The van der Waals surface area contributed by atoms with Crippen molar-refractivity contribution < 1.29 is 5.11 Å². The number of phenolic OH excluding ortho intramolecular Hbond substituents is 1. The van der Waals surface area contributed by atoms with Crippen LogP contribution in [0.2, 0.25) is 0 Å². The first kappa shape index (κ1) is 21.5. The fraction of sp³-hybridized carbons (Fsp3) is 0.583. The van der Waals surface area contributed by atoms with Gasteiger partial charge in [0, 0.05) is 0 Å². The van der Waals surface area contributed by atoms with E-state index in [1.807, 2.05) is 18.2 Å². The highest BCUT2D eigenvalue weighted by Gasteiger charge is 1.99. The Labute approximate surface area is 155 Å². The van der Waals surface area contributed by atoms with Crippen molar-refractivity contribution in [1.29, 1.82) is 0 Å². The van der Waals surface area contributed by atoms with Crippen molar-refractivity contribution in [3.05, 3.63) is 54.1 Å². The Morgan fingerprint density at radius 1 is 0.720 bits per heavy atom. The van der Waals surface area contributed by atoms with Gasteiger partial charge >= 0.3 is 0 Å². The quantitative estimate of drug-likeness (QED) is 0.255. The summed E-state index contributed by atoms with van der Waals surface area (Å²) >= 11 is 0. The molecule has 0 unspecified atom stereocenters. The number of unbranched alkanes of at least 4 members (excludes halogenated alkanes) is 9. The molecule has 140 valence electrons. The molecule has 25 heavy (non-hydrogen) atoms. The zero-order chi connectivity index (χ0) is 18.0. The van der Waals surface area contributed by atoms with Crippen molar-refractivity contribution in [3.8, 4) is 5.75 Å². The van der Waals surface area contributed by atoms with Gasteiger partial charge in [0.15, 0.2) is 0 Å². The molecule has 0 heterocycles. The zero-order valence-electron chi connectivity index (χ0n) is 16.3. The summed E-state index contributed by atoms with van der Waals surface area (Å²) < 4.78 is 0. The zero-order valence-corrected chi connectivity index (χ0v) is 16.3. The van der Waals surface area contributed by atoms with Gasteiger partial charge in [-0.1, -0.05) is 88.0 Å². The van der Waals surface area contributed by atoms with Crippen molar-refractivity contribution in [2.45, 2.75) is 90.4 Å². The van der Waals surface area contributed by atoms with Crippen molar-refractivity contribution in [3.63, 3.8) is 0 Å². The van der Waals surface area contributed by atoms with Gasteiger partial charge in [-0.25, -0.2) is 0 Å². The molecule has 0 aliphatic rings. The van der Waals surface area contributed by atoms with E-state index in [9.17, 15) is 5.11 Å². The molecule has 0 atom stereocenters. The summed E-state index contributed by atoms with van der Waals surface area (Å²) in [5.41, 5.74) is 1.09. The third kappa shape index (κ3) is 12.5. The molecular formula is C24H38O. The largest absolute Gasteiger partial charge is 0.508 e. The topological polar surface area (TPSA) is 20.2 Å². The highest BCUT2D eigenvalue weighted by Crippen LogP contribution is 2.18. The number of hydrogen-bond acceptors (Lipinski definition) is 1. The van der Waals surface area contributed by atoms with Gasteiger partial charge in [-0.2, -0.15) is 0 Å². The number of para-hydroxylation sites is 1. The van der Waals surface area contributed by atoms with E-state index in [2.05, 4.69) is 31.2 Å². The summed E-state index contributed by atoms with van der Waals surface area (Å²) in [6.07, 6.45) is 25.6. The molecule has 0 aliphatic heterocycles. The van der Waals surface area contributed by atoms with Crippen LogP contribution in [0.4, 0.5) is 0 Å². The molecule has 0 aliphatic carbocycles. The number of benzene rings is 1. The lowest BCUT2D eigenvalue weighted by atomic mass is 10.0. The summed E-state index contributed by atoms with van der Waals surface area (Å²) in [7, 11) is 0. The Kier molecular flexibility index (Phi) is 13.8. The molecular weight excluding hydrogens is 304 g/mol. The Balaban J connectivity index is 1.85. The molecule has 0 radical (unpaired) electrons. The van der Waals surface area contributed by atoms with Gasteiger partial charge in [0.25, 0.3) is 0 Å². The monoisotopic (exact) mass is 342 g/mol. The summed E-state index contributed by atoms with van der Waals surface area (Å²) in [6.45, 7) is 2.25. The maximum absolute atomic E-state index is 9.73. The third-order valence-corrected chi connectivity index (χ3v) is 4.64. The van der Waals surface area contributed by atoms with E-state index >= 15 is 0 Å². The predicted molar refractivity (Wildman–Crippen MR) is 111 cm³/mol. The van der Waals surface area contributed by atoms with E-state index in [1.54, 1.807) is 6.07 Å². The predicted octanol–water partition coefficient (Wildman–Crippen LogP) is 7.75. The second kappa shape index (κ2) is 16.0.